The highest BCUT2D eigenvalue weighted by molar-refractivity contribution is 5.92. The van der Waals surface area contributed by atoms with Crippen molar-refractivity contribution in [3.05, 3.63) is 77.9 Å². The van der Waals surface area contributed by atoms with Crippen molar-refractivity contribution in [1.82, 2.24) is 61.5 Å². The molecule has 35 nitrogen and oxygen atoms in total. The molecule has 8 atom stereocenters. The van der Waals surface area contributed by atoms with Crippen LogP contribution >= 0.6 is 0 Å². The van der Waals surface area contributed by atoms with Crippen LogP contribution in [-0.4, -0.2) is 288 Å². The molecule has 0 radical (unpaired) electrons. The summed E-state index contributed by atoms with van der Waals surface area (Å²) in [6.07, 6.45) is 33.7. The third kappa shape index (κ3) is 59.4. The van der Waals surface area contributed by atoms with Crippen LogP contribution in [0.4, 0.5) is 0 Å². The number of imidazole rings is 1. The second kappa shape index (κ2) is 76.3. The van der Waals surface area contributed by atoms with Gasteiger partial charge in [0.15, 0.2) is 0 Å². The van der Waals surface area contributed by atoms with E-state index in [0.717, 1.165) is 121 Å². The average molecular weight is 2020 g/mol. The highest BCUT2D eigenvalue weighted by atomic mass is 16.5. The molecule has 144 heavy (non-hydrogen) atoms. The van der Waals surface area contributed by atoms with Gasteiger partial charge in [-0.1, -0.05) is 136 Å². The number of H-pyrrole nitrogens is 1. The van der Waals surface area contributed by atoms with Gasteiger partial charge in [-0.15, -0.1) is 0 Å². The number of nitrogens with one attached hydrogen (secondary N) is 7. The second-order valence-electron chi connectivity index (χ2n) is 40.4. The van der Waals surface area contributed by atoms with Gasteiger partial charge in [-0.2, -0.15) is 0 Å². The number of aromatic carboxylic acids is 2. The molecule has 0 spiro atoms. The van der Waals surface area contributed by atoms with Gasteiger partial charge >= 0.3 is 29.8 Å². The molecule has 1 aromatic heterocycles. The summed E-state index contributed by atoms with van der Waals surface area (Å²) in [5, 5.41) is 65.6. The van der Waals surface area contributed by atoms with Crippen molar-refractivity contribution in [2.45, 2.75) is 384 Å². The number of Topliss-reactive ketones (excluding diaryl/α,β-unsaturated/α-hetero) is 6. The smallest absolute Gasteiger partial charge is 0.335 e. The first-order chi connectivity index (χ1) is 68.8. The molecular formula is C109H178N12O23. The molecule has 1 heterocycles. The number of aromatic amines is 1. The molecule has 0 aliphatic rings. The van der Waals surface area contributed by atoms with Gasteiger partial charge in [0.2, 0.25) is 29.5 Å². The Morgan fingerprint density at radius 1 is 0.354 bits per heavy atom. The number of unbranched alkanes of at least 4 members (excludes halogenated alkanes) is 24. The van der Waals surface area contributed by atoms with Crippen molar-refractivity contribution < 1.29 is 112 Å². The van der Waals surface area contributed by atoms with Gasteiger partial charge in [0.25, 0.3) is 0 Å². The van der Waals surface area contributed by atoms with Crippen molar-refractivity contribution in [3.8, 4) is 11.5 Å². The van der Waals surface area contributed by atoms with Crippen LogP contribution in [0.3, 0.4) is 0 Å². The number of carboxylic acid groups (broad SMARTS) is 5. The summed E-state index contributed by atoms with van der Waals surface area (Å²) in [5.41, 5.74) is 0.257. The van der Waals surface area contributed by atoms with E-state index in [1.807, 2.05) is 76.0 Å². The number of carboxylic acids is 5. The number of benzene rings is 2. The minimum Gasteiger partial charge on any atom is -0.494 e. The summed E-state index contributed by atoms with van der Waals surface area (Å²) < 4.78 is 11.4. The van der Waals surface area contributed by atoms with E-state index in [0.29, 0.717) is 192 Å². The van der Waals surface area contributed by atoms with Gasteiger partial charge in [0.05, 0.1) is 67.3 Å². The van der Waals surface area contributed by atoms with E-state index in [-0.39, 0.29) is 171 Å². The van der Waals surface area contributed by atoms with Gasteiger partial charge < -0.3 is 66.6 Å². The van der Waals surface area contributed by atoms with Crippen LogP contribution in [-0.2, 0) is 73.5 Å². The van der Waals surface area contributed by atoms with Crippen molar-refractivity contribution >= 4 is 94.1 Å². The summed E-state index contributed by atoms with van der Waals surface area (Å²) in [4.78, 5) is 219. The number of nitrogens with zero attached hydrogens (tertiary/aromatic N) is 5. The quantitative estimate of drug-likeness (QED) is 0.0234. The van der Waals surface area contributed by atoms with E-state index >= 15 is 0 Å². The molecule has 0 fully saturated rings. The maximum absolute atomic E-state index is 14.2. The number of likely N-dealkylation sites (N-methyl/N-ethyl adjacent to an activating group) is 4. The highest BCUT2D eigenvalue weighted by Gasteiger charge is 2.34. The lowest BCUT2D eigenvalue weighted by atomic mass is 9.78. The fourth-order valence-electron chi connectivity index (χ4n) is 17.8. The minimum absolute atomic E-state index is 0.00298. The van der Waals surface area contributed by atoms with E-state index in [1.54, 1.807) is 50.6 Å². The lowest BCUT2D eigenvalue weighted by Gasteiger charge is -2.24. The molecule has 0 saturated heterocycles. The molecule has 12 N–H and O–H groups in total. The summed E-state index contributed by atoms with van der Waals surface area (Å²) in [6, 6.07) is 8.91. The minimum atomic E-state index is -1.18. The van der Waals surface area contributed by atoms with Gasteiger partial charge in [0.1, 0.15) is 58.3 Å². The molecular weight excluding hydrogens is 1850 g/mol. The SMILES string of the molecule is CN(C)[C@@H](CCCCNC(=O)CC[C@H](CC(=O)CCCCCCCCCCOc1ccc(C(=O)O)cc1)C(=O)O)C(=O)CCCCC[C@@H](C(=O)NCCCCCC[C@H](CCC(=O)C(C)(C)CC(=O)CCc1cnc[nH]1)C(=O)CN[C@@H](CCCCNC(=O)[C@H](CCCCNC(=O)[C@H](CCCCCC(=O)CC[C@H](NC(=O)CCCCCCCCCCOc1ccc(C(=O)O)cc1)C(=O)O)N(C)C)N(C)C)C(=O)O)N(C)C. The molecule has 0 unspecified atom stereocenters. The van der Waals surface area contributed by atoms with E-state index in [9.17, 15) is 92.0 Å². The third-order valence-corrected chi connectivity index (χ3v) is 26.9. The van der Waals surface area contributed by atoms with Gasteiger partial charge in [-0.05, 0) is 253 Å². The topological polar surface area (TPSA) is 507 Å². The Balaban J connectivity index is 1.34. The average Bonchev–Trinajstić information content (AvgIpc) is 0.958. The van der Waals surface area contributed by atoms with Gasteiger partial charge in [-0.25, -0.2) is 19.4 Å². The lowest BCUT2D eigenvalue weighted by molar-refractivity contribution is -0.144. The number of ketones is 6. The Kier molecular flexibility index (Phi) is 67.8. The van der Waals surface area contributed by atoms with Crippen LogP contribution in [0.2, 0.25) is 0 Å². The van der Waals surface area contributed by atoms with Gasteiger partial charge in [-0.3, -0.25) is 87.2 Å². The van der Waals surface area contributed by atoms with Crippen molar-refractivity contribution in [1.29, 1.82) is 0 Å². The molecule has 0 aliphatic carbocycles. The zero-order valence-corrected chi connectivity index (χ0v) is 88.4. The standard InChI is InChI=1S/C109H178N12O23/c1-109(2,76-87(124)60-59-84-77-110-79-116-84)98(127)67-57-80(43-27-21-22-37-70-112-101(130)94(120(7)8)49-31-26-32-51-96(125)92(118(3)4)47-35-39-69-111-99(128)68-58-83(106(137)138)75-86(123)45-28-19-15-11-13-17-23-41-73-143-88-62-53-81(54-63-88)104(133)134)97(126)78-115-90(107(139)140)46-34-38-71-113-103(132)95(121(9)10)50-36-40-72-114-102(131)93(119(5)6)48-30-25-29-44-85(122)61-66-91(108(141)142)117-100(129)52-33-20-16-12-14-18-24-42-74-144-89-64-55-82(56-65-89)105(135)136/h53-56,62-65,77,79-80,83,90-95,115H,11-52,57-61,66-76,78H2,1-10H3,(H,110,116)(H,111,128)(H,112,130)(H,113,132)(H,114,131)(H,117,129)(H,133,134)(H,135,136)(H,137,138)(H,139,140)(H,141,142)/t80-,83-,90+,91+,92+,93+,94+,95+/m1/s1. The number of ether oxygens (including phenoxy) is 2. The number of amides is 5. The van der Waals surface area contributed by atoms with Crippen molar-refractivity contribution in [2.75, 3.05) is 102 Å². The Morgan fingerprint density at radius 3 is 1.21 bits per heavy atom. The van der Waals surface area contributed by atoms with Gasteiger partial charge in [0, 0.05) is 114 Å². The Hall–Kier alpha value is -10.2. The molecule has 0 saturated carbocycles. The number of hydrogen-bond donors (Lipinski definition) is 12. The number of carbonyl (C=O) groups is 16. The molecule has 0 aliphatic heterocycles. The lowest BCUT2D eigenvalue weighted by Crippen LogP contribution is -2.44. The number of aryl methyl sites for hydroxylation is 1. The molecule has 812 valence electrons. The fourth-order valence-corrected chi connectivity index (χ4v) is 17.8. The third-order valence-electron chi connectivity index (χ3n) is 26.9. The normalized spacial score (nSPS) is 13.3. The molecule has 5 amide bonds. The summed E-state index contributed by atoms with van der Waals surface area (Å²) in [5.74, 6) is -7.13. The monoisotopic (exact) mass is 2020 g/mol. The summed E-state index contributed by atoms with van der Waals surface area (Å²) >= 11 is 0. The highest BCUT2D eigenvalue weighted by Crippen LogP contribution is 2.30. The second-order valence-corrected chi connectivity index (χ2v) is 40.4. The Morgan fingerprint density at radius 2 is 0.750 bits per heavy atom. The molecule has 2 aromatic carbocycles. The zero-order valence-electron chi connectivity index (χ0n) is 88.4. The predicted octanol–water partition coefficient (Wildman–Crippen LogP) is 15.0. The molecule has 3 rings (SSSR count). The van der Waals surface area contributed by atoms with Crippen LogP contribution in [0.15, 0.2) is 61.1 Å². The van der Waals surface area contributed by atoms with E-state index < -0.39 is 71.3 Å². The number of rotatable bonds is 93. The maximum atomic E-state index is 14.2. The fraction of sp³-hybridized carbons (Fsp3) is 0.716. The first-order valence-electron chi connectivity index (χ1n) is 53.3. The summed E-state index contributed by atoms with van der Waals surface area (Å²) in [7, 11) is 14.8. The predicted molar refractivity (Wildman–Crippen MR) is 555 cm³/mol. The van der Waals surface area contributed by atoms with Crippen LogP contribution in [0.25, 0.3) is 0 Å². The van der Waals surface area contributed by atoms with Crippen LogP contribution in [0, 0.1) is 17.3 Å². The van der Waals surface area contributed by atoms with E-state index in [2.05, 4.69) is 41.9 Å². The zero-order chi connectivity index (χ0) is 106. The molecule has 0 bridgehead atoms. The largest absolute Gasteiger partial charge is 0.494 e. The van der Waals surface area contributed by atoms with E-state index in [1.165, 1.54) is 24.3 Å². The number of hydrogen-bond acceptors (Lipinski definition) is 24. The van der Waals surface area contributed by atoms with Crippen molar-refractivity contribution in [3.63, 3.8) is 0 Å². The number of aromatic nitrogens is 2. The van der Waals surface area contributed by atoms with Crippen LogP contribution < -0.4 is 41.4 Å². The Bertz CT molecular complexity index is 4240. The first-order valence-corrected chi connectivity index (χ1v) is 53.3. The molecule has 3 aromatic rings. The van der Waals surface area contributed by atoms with Crippen LogP contribution in [0.1, 0.15) is 368 Å². The first kappa shape index (κ1) is 128. The van der Waals surface area contributed by atoms with Crippen molar-refractivity contribution in [2.24, 2.45) is 17.3 Å². The number of carbonyl (C=O) groups excluding carboxylic acids is 11. The van der Waals surface area contributed by atoms with E-state index in [4.69, 9.17) is 19.7 Å². The summed E-state index contributed by atoms with van der Waals surface area (Å²) in [6.45, 7) is 5.87. The Labute approximate surface area is 855 Å². The number of aliphatic carboxylic acids is 3. The van der Waals surface area contributed by atoms with Crippen LogP contribution in [0.5, 0.6) is 11.5 Å². The maximum Gasteiger partial charge on any atom is 0.335 e. The molecule has 35 heteroatoms.